The van der Waals surface area contributed by atoms with Gasteiger partial charge in [0.15, 0.2) is 0 Å². The van der Waals surface area contributed by atoms with Gasteiger partial charge in [-0.2, -0.15) is 0 Å². The molecular weight excluding hydrogens is 166 g/mol. The maximum Gasteiger partial charge on any atom is 0.246 e. The number of rotatable bonds is 2. The minimum Gasteiger partial charge on any atom is -0.353 e. The predicted molar refractivity (Wildman–Crippen MR) is 54.4 cm³/mol. The molecule has 1 heterocycles. The van der Waals surface area contributed by atoms with Crippen LogP contribution in [0.2, 0.25) is 0 Å². The van der Waals surface area contributed by atoms with Crippen LogP contribution in [0.15, 0.2) is 12.2 Å². The van der Waals surface area contributed by atoms with E-state index in [1.807, 2.05) is 6.92 Å². The minimum atomic E-state index is -0.0625. The highest BCUT2D eigenvalue weighted by Crippen LogP contribution is 1.82. The summed E-state index contributed by atoms with van der Waals surface area (Å²) in [5.74, 6) is -0.0625. The van der Waals surface area contributed by atoms with Gasteiger partial charge < -0.3 is 16.0 Å². The van der Waals surface area contributed by atoms with E-state index >= 15 is 0 Å². The molecule has 1 aliphatic rings. The second kappa shape index (κ2) is 7.76. The molecule has 76 valence electrons. The van der Waals surface area contributed by atoms with Crippen molar-refractivity contribution in [3.05, 3.63) is 12.2 Å². The highest BCUT2D eigenvalue weighted by Gasteiger charge is 1.95. The van der Waals surface area contributed by atoms with E-state index in [2.05, 4.69) is 22.5 Å². The van der Waals surface area contributed by atoms with Crippen molar-refractivity contribution >= 4 is 5.91 Å². The topological polar surface area (TPSA) is 53.2 Å². The maximum atomic E-state index is 10.5. The van der Waals surface area contributed by atoms with Gasteiger partial charge in [-0.25, -0.2) is 0 Å². The zero-order valence-corrected chi connectivity index (χ0v) is 8.44. The fourth-order valence-corrected chi connectivity index (χ4v) is 0.753. The first kappa shape index (κ1) is 12.1. The van der Waals surface area contributed by atoms with Gasteiger partial charge in [-0.1, -0.05) is 6.58 Å². The van der Waals surface area contributed by atoms with E-state index in [4.69, 9.17) is 0 Å². The second-order valence-electron chi connectivity index (χ2n) is 2.82. The number of carbonyl (C=O) groups excluding carboxylic acids is 1. The molecule has 13 heavy (non-hydrogen) atoms. The zero-order valence-electron chi connectivity index (χ0n) is 8.44. The van der Waals surface area contributed by atoms with Crippen molar-refractivity contribution in [3.63, 3.8) is 0 Å². The molecule has 1 amide bonds. The Morgan fingerprint density at radius 1 is 1.46 bits per heavy atom. The third-order valence-corrected chi connectivity index (χ3v) is 1.45. The number of hydrogen-bond donors (Lipinski definition) is 3. The summed E-state index contributed by atoms with van der Waals surface area (Å²) in [6.45, 7) is 11.0. The van der Waals surface area contributed by atoms with Crippen LogP contribution in [0.5, 0.6) is 0 Å². The van der Waals surface area contributed by atoms with E-state index in [0.29, 0.717) is 12.1 Å². The molecular formula is C9H19N3O. The van der Waals surface area contributed by atoms with Crippen molar-refractivity contribution in [1.82, 2.24) is 16.0 Å². The standard InChI is InChI=1S/C6H11NO.C3H8N2/c1-4-7-6(8)5(2)3;1-2-5-3-4-1/h2,4H2,1,3H3,(H,7,8);4-5H,1-3H2. The second-order valence-corrected chi connectivity index (χ2v) is 2.82. The van der Waals surface area contributed by atoms with E-state index in [1.165, 1.54) is 0 Å². The van der Waals surface area contributed by atoms with Crippen molar-refractivity contribution in [2.45, 2.75) is 13.8 Å². The van der Waals surface area contributed by atoms with Crippen LogP contribution in [0.25, 0.3) is 0 Å². The summed E-state index contributed by atoms with van der Waals surface area (Å²) in [7, 11) is 0. The number of carbonyl (C=O) groups is 1. The van der Waals surface area contributed by atoms with Crippen LogP contribution in [0.4, 0.5) is 0 Å². The van der Waals surface area contributed by atoms with Gasteiger partial charge in [0.2, 0.25) is 5.91 Å². The lowest BCUT2D eigenvalue weighted by molar-refractivity contribution is -0.117. The van der Waals surface area contributed by atoms with Gasteiger partial charge in [-0.15, -0.1) is 0 Å². The lowest BCUT2D eigenvalue weighted by Gasteiger charge is -1.97. The number of amides is 1. The van der Waals surface area contributed by atoms with Crippen LogP contribution >= 0.6 is 0 Å². The Morgan fingerprint density at radius 3 is 2.15 bits per heavy atom. The molecule has 0 radical (unpaired) electrons. The fourth-order valence-electron chi connectivity index (χ4n) is 0.753. The molecule has 0 aliphatic carbocycles. The summed E-state index contributed by atoms with van der Waals surface area (Å²) in [6, 6.07) is 0. The minimum absolute atomic E-state index is 0.0625. The molecule has 0 spiro atoms. The molecule has 0 aromatic rings. The highest BCUT2D eigenvalue weighted by molar-refractivity contribution is 5.91. The first-order valence-corrected chi connectivity index (χ1v) is 4.53. The molecule has 1 fully saturated rings. The van der Waals surface area contributed by atoms with Crippen molar-refractivity contribution < 1.29 is 4.79 Å². The Kier molecular flexibility index (Phi) is 7.24. The molecule has 1 saturated heterocycles. The predicted octanol–water partition coefficient (Wildman–Crippen LogP) is -0.165. The van der Waals surface area contributed by atoms with Gasteiger partial charge in [-0.3, -0.25) is 4.79 Å². The normalized spacial score (nSPS) is 14.3. The van der Waals surface area contributed by atoms with Crippen LogP contribution in [-0.2, 0) is 4.79 Å². The summed E-state index contributed by atoms with van der Waals surface area (Å²) in [5, 5.41) is 8.83. The van der Waals surface area contributed by atoms with Gasteiger partial charge in [0, 0.05) is 31.9 Å². The molecule has 0 bridgehead atoms. The number of nitrogens with one attached hydrogen (secondary N) is 3. The molecule has 3 N–H and O–H groups in total. The van der Waals surface area contributed by atoms with Gasteiger partial charge in [0.05, 0.1) is 0 Å². The van der Waals surface area contributed by atoms with Crippen LogP contribution < -0.4 is 16.0 Å². The van der Waals surface area contributed by atoms with Gasteiger partial charge >= 0.3 is 0 Å². The summed E-state index contributed by atoms with van der Waals surface area (Å²) in [4.78, 5) is 10.5. The zero-order chi connectivity index (χ0) is 10.1. The van der Waals surface area contributed by atoms with E-state index < -0.39 is 0 Å². The molecule has 0 unspecified atom stereocenters. The monoisotopic (exact) mass is 185 g/mol. The molecule has 0 atom stereocenters. The lowest BCUT2D eigenvalue weighted by atomic mass is 10.3. The molecule has 1 rings (SSSR count). The van der Waals surface area contributed by atoms with Gasteiger partial charge in [0.1, 0.15) is 0 Å². The Morgan fingerprint density at radius 2 is 2.00 bits per heavy atom. The fraction of sp³-hybridized carbons (Fsp3) is 0.667. The molecule has 0 saturated carbocycles. The van der Waals surface area contributed by atoms with Gasteiger partial charge in [-0.05, 0) is 13.8 Å². The van der Waals surface area contributed by atoms with Crippen LogP contribution in [0, 0.1) is 0 Å². The number of likely N-dealkylation sites (N-methyl/N-ethyl adjacent to an activating group) is 1. The smallest absolute Gasteiger partial charge is 0.246 e. The van der Waals surface area contributed by atoms with E-state index in [-0.39, 0.29) is 5.91 Å². The first-order chi connectivity index (χ1) is 6.18. The van der Waals surface area contributed by atoms with Crippen molar-refractivity contribution in [1.29, 1.82) is 0 Å². The number of hydrogen-bond acceptors (Lipinski definition) is 3. The Labute approximate surface area is 79.8 Å². The third-order valence-electron chi connectivity index (χ3n) is 1.45. The Bertz CT molecular complexity index is 157. The largest absolute Gasteiger partial charge is 0.353 e. The van der Waals surface area contributed by atoms with Crippen LogP contribution in [0.3, 0.4) is 0 Å². The van der Waals surface area contributed by atoms with Crippen LogP contribution in [0.1, 0.15) is 13.8 Å². The summed E-state index contributed by atoms with van der Waals surface area (Å²) in [5.41, 5.74) is 0.562. The van der Waals surface area contributed by atoms with Crippen molar-refractivity contribution in [2.75, 3.05) is 26.3 Å². The summed E-state index contributed by atoms with van der Waals surface area (Å²) in [6.07, 6.45) is 0. The van der Waals surface area contributed by atoms with E-state index in [0.717, 1.165) is 19.8 Å². The van der Waals surface area contributed by atoms with Crippen molar-refractivity contribution in [2.24, 2.45) is 0 Å². The summed E-state index contributed by atoms with van der Waals surface area (Å²) >= 11 is 0. The molecule has 4 heteroatoms. The Hall–Kier alpha value is -0.870. The SMILES string of the molecule is C1CNCN1.C=C(C)C(=O)NCC. The first-order valence-electron chi connectivity index (χ1n) is 4.53. The third kappa shape index (κ3) is 7.49. The highest BCUT2D eigenvalue weighted by atomic mass is 16.1. The van der Waals surface area contributed by atoms with E-state index in [9.17, 15) is 4.79 Å². The maximum absolute atomic E-state index is 10.5. The quantitative estimate of drug-likeness (QED) is 0.524. The Balaban J connectivity index is 0.000000243. The van der Waals surface area contributed by atoms with Crippen LogP contribution in [-0.4, -0.2) is 32.2 Å². The van der Waals surface area contributed by atoms with Crippen molar-refractivity contribution in [3.8, 4) is 0 Å². The molecule has 1 aliphatic heterocycles. The summed E-state index contributed by atoms with van der Waals surface area (Å²) < 4.78 is 0. The lowest BCUT2D eigenvalue weighted by Crippen LogP contribution is -2.22. The molecule has 0 aromatic carbocycles. The van der Waals surface area contributed by atoms with Gasteiger partial charge in [0.25, 0.3) is 0 Å². The molecule has 0 aromatic heterocycles. The average molecular weight is 185 g/mol. The van der Waals surface area contributed by atoms with E-state index in [1.54, 1.807) is 6.92 Å². The average Bonchev–Trinajstić information content (AvgIpc) is 2.61. The molecule has 4 nitrogen and oxygen atoms in total.